The van der Waals surface area contributed by atoms with Gasteiger partial charge in [-0.3, -0.25) is 0 Å². The van der Waals surface area contributed by atoms with Gasteiger partial charge in [-0.25, -0.2) is 4.79 Å². The standard InChI is InChI=1S/C11H14N4O3/c1-15-7-13-14-10(15)2-4-12-6-9-8(11(16)17)3-5-18-9/h3,5,7,12H,2,4,6H2,1H3,(H,16,17). The van der Waals surface area contributed by atoms with Crippen molar-refractivity contribution in [2.24, 2.45) is 7.05 Å². The Balaban J connectivity index is 1.80. The van der Waals surface area contributed by atoms with Crippen LogP contribution in [0, 0.1) is 0 Å². The van der Waals surface area contributed by atoms with Crippen molar-refractivity contribution in [3.05, 3.63) is 35.8 Å². The zero-order valence-corrected chi connectivity index (χ0v) is 9.96. The zero-order valence-electron chi connectivity index (χ0n) is 9.96. The van der Waals surface area contributed by atoms with E-state index in [-0.39, 0.29) is 5.56 Å². The summed E-state index contributed by atoms with van der Waals surface area (Å²) in [5, 5.41) is 19.7. The molecular weight excluding hydrogens is 236 g/mol. The second-order valence-electron chi connectivity index (χ2n) is 3.85. The lowest BCUT2D eigenvalue weighted by Crippen LogP contribution is -2.19. The number of carboxylic acid groups (broad SMARTS) is 1. The summed E-state index contributed by atoms with van der Waals surface area (Å²) in [7, 11) is 1.88. The van der Waals surface area contributed by atoms with Crippen LogP contribution in [0.5, 0.6) is 0 Å². The van der Waals surface area contributed by atoms with Gasteiger partial charge >= 0.3 is 5.97 Å². The second-order valence-corrected chi connectivity index (χ2v) is 3.85. The van der Waals surface area contributed by atoms with Crippen molar-refractivity contribution in [3.63, 3.8) is 0 Å². The van der Waals surface area contributed by atoms with E-state index in [1.165, 1.54) is 12.3 Å². The molecule has 0 saturated heterocycles. The maximum atomic E-state index is 10.8. The smallest absolute Gasteiger partial charge is 0.339 e. The zero-order chi connectivity index (χ0) is 13.0. The Morgan fingerprint density at radius 1 is 1.61 bits per heavy atom. The first kappa shape index (κ1) is 12.3. The molecule has 7 heteroatoms. The van der Waals surface area contributed by atoms with Crippen LogP contribution < -0.4 is 5.32 Å². The maximum absolute atomic E-state index is 10.8. The summed E-state index contributed by atoms with van der Waals surface area (Å²) in [6.07, 6.45) is 3.74. The minimum absolute atomic E-state index is 0.196. The van der Waals surface area contributed by atoms with Crippen LogP contribution in [0.3, 0.4) is 0 Å². The number of aryl methyl sites for hydroxylation is 1. The van der Waals surface area contributed by atoms with Crippen LogP contribution in [0.15, 0.2) is 23.1 Å². The van der Waals surface area contributed by atoms with E-state index in [4.69, 9.17) is 9.52 Å². The van der Waals surface area contributed by atoms with Crippen molar-refractivity contribution >= 4 is 5.97 Å². The lowest BCUT2D eigenvalue weighted by molar-refractivity contribution is 0.0694. The quantitative estimate of drug-likeness (QED) is 0.722. The molecule has 2 aromatic heterocycles. The Bertz CT molecular complexity index is 532. The highest BCUT2D eigenvalue weighted by atomic mass is 16.4. The van der Waals surface area contributed by atoms with Crippen LogP contribution in [-0.2, 0) is 20.0 Å². The number of nitrogens with zero attached hydrogens (tertiary/aromatic N) is 3. The van der Waals surface area contributed by atoms with Gasteiger partial charge in [0.25, 0.3) is 0 Å². The third-order valence-corrected chi connectivity index (χ3v) is 2.59. The molecule has 2 rings (SSSR count). The van der Waals surface area contributed by atoms with Crippen molar-refractivity contribution in [1.82, 2.24) is 20.1 Å². The van der Waals surface area contributed by atoms with E-state index in [1.807, 2.05) is 11.6 Å². The average molecular weight is 250 g/mol. The molecule has 18 heavy (non-hydrogen) atoms. The summed E-state index contributed by atoms with van der Waals surface area (Å²) >= 11 is 0. The number of nitrogens with one attached hydrogen (secondary N) is 1. The molecule has 0 radical (unpaired) electrons. The molecule has 7 nitrogen and oxygen atoms in total. The lowest BCUT2D eigenvalue weighted by atomic mass is 10.2. The molecule has 2 heterocycles. The van der Waals surface area contributed by atoms with Crippen LogP contribution >= 0.6 is 0 Å². The molecule has 0 atom stereocenters. The van der Waals surface area contributed by atoms with Gasteiger partial charge < -0.3 is 19.4 Å². The molecule has 0 fully saturated rings. The molecule has 0 spiro atoms. The minimum atomic E-state index is -0.978. The largest absolute Gasteiger partial charge is 0.478 e. The van der Waals surface area contributed by atoms with Crippen molar-refractivity contribution in [2.75, 3.05) is 6.54 Å². The monoisotopic (exact) mass is 250 g/mol. The Hall–Kier alpha value is -2.15. The van der Waals surface area contributed by atoms with Crippen LogP contribution in [0.25, 0.3) is 0 Å². The average Bonchev–Trinajstić information content (AvgIpc) is 2.94. The topological polar surface area (TPSA) is 93.2 Å². The van der Waals surface area contributed by atoms with Crippen LogP contribution in [0.2, 0.25) is 0 Å². The number of carbonyl (C=O) groups is 1. The third kappa shape index (κ3) is 2.75. The lowest BCUT2D eigenvalue weighted by Gasteiger charge is -2.03. The maximum Gasteiger partial charge on any atom is 0.339 e. The molecule has 0 amide bonds. The second kappa shape index (κ2) is 5.46. The fourth-order valence-corrected chi connectivity index (χ4v) is 1.60. The molecule has 2 N–H and O–H groups in total. The normalized spacial score (nSPS) is 10.7. The molecule has 0 saturated carbocycles. The van der Waals surface area contributed by atoms with E-state index in [9.17, 15) is 4.79 Å². The number of aromatic carboxylic acids is 1. The molecule has 0 unspecified atom stereocenters. The number of hydrogen-bond donors (Lipinski definition) is 2. The third-order valence-electron chi connectivity index (χ3n) is 2.59. The van der Waals surface area contributed by atoms with E-state index in [0.717, 1.165) is 12.2 Å². The molecule has 0 aliphatic rings. The van der Waals surface area contributed by atoms with Gasteiger partial charge in [0.2, 0.25) is 0 Å². The van der Waals surface area contributed by atoms with E-state index in [0.29, 0.717) is 18.8 Å². The molecule has 2 aromatic rings. The van der Waals surface area contributed by atoms with Gasteiger partial charge in [-0.05, 0) is 6.07 Å². The highest BCUT2D eigenvalue weighted by Gasteiger charge is 2.12. The Morgan fingerprint density at radius 2 is 2.44 bits per heavy atom. The fourth-order valence-electron chi connectivity index (χ4n) is 1.60. The molecule has 96 valence electrons. The van der Waals surface area contributed by atoms with Crippen molar-refractivity contribution in [2.45, 2.75) is 13.0 Å². The fraction of sp³-hybridized carbons (Fsp3) is 0.364. The van der Waals surface area contributed by atoms with Crippen molar-refractivity contribution < 1.29 is 14.3 Å². The minimum Gasteiger partial charge on any atom is -0.478 e. The Kier molecular flexibility index (Phi) is 3.73. The van der Waals surface area contributed by atoms with Gasteiger partial charge in [-0.1, -0.05) is 0 Å². The number of carboxylic acids is 1. The van der Waals surface area contributed by atoms with Gasteiger partial charge in [0.15, 0.2) is 0 Å². The molecule has 0 bridgehead atoms. The van der Waals surface area contributed by atoms with Crippen molar-refractivity contribution in [1.29, 1.82) is 0 Å². The number of aromatic nitrogens is 3. The van der Waals surface area contributed by atoms with Crippen LogP contribution in [0.4, 0.5) is 0 Å². The Morgan fingerprint density at radius 3 is 3.11 bits per heavy atom. The first-order valence-electron chi connectivity index (χ1n) is 5.51. The van der Waals surface area contributed by atoms with Crippen molar-refractivity contribution in [3.8, 4) is 0 Å². The van der Waals surface area contributed by atoms with E-state index >= 15 is 0 Å². The van der Waals surface area contributed by atoms with E-state index in [2.05, 4.69) is 15.5 Å². The summed E-state index contributed by atoms with van der Waals surface area (Å²) in [5.41, 5.74) is 0.196. The number of furan rings is 1. The highest BCUT2D eigenvalue weighted by molar-refractivity contribution is 5.88. The van der Waals surface area contributed by atoms with Gasteiger partial charge in [-0.2, -0.15) is 0 Å². The molecule has 0 aromatic carbocycles. The SMILES string of the molecule is Cn1cnnc1CCNCc1occc1C(=O)O. The van der Waals surface area contributed by atoms with Crippen LogP contribution in [0.1, 0.15) is 21.9 Å². The summed E-state index contributed by atoms with van der Waals surface area (Å²) in [6, 6.07) is 1.45. The molecular formula is C11H14N4O3. The predicted molar refractivity (Wildman–Crippen MR) is 62.1 cm³/mol. The summed E-state index contributed by atoms with van der Waals surface area (Å²) < 4.78 is 6.95. The van der Waals surface area contributed by atoms with E-state index < -0.39 is 5.97 Å². The van der Waals surface area contributed by atoms with Crippen LogP contribution in [-0.4, -0.2) is 32.4 Å². The van der Waals surface area contributed by atoms with E-state index in [1.54, 1.807) is 6.33 Å². The predicted octanol–water partition coefficient (Wildman–Crippen LogP) is 0.439. The summed E-state index contributed by atoms with van der Waals surface area (Å²) in [5.74, 6) is 0.328. The first-order chi connectivity index (χ1) is 8.68. The Labute approximate surface area is 103 Å². The van der Waals surface area contributed by atoms with Gasteiger partial charge in [0, 0.05) is 20.0 Å². The highest BCUT2D eigenvalue weighted by Crippen LogP contribution is 2.09. The van der Waals surface area contributed by atoms with Gasteiger partial charge in [-0.15, -0.1) is 10.2 Å². The van der Waals surface area contributed by atoms with Gasteiger partial charge in [0.1, 0.15) is 23.5 Å². The molecule has 0 aliphatic carbocycles. The van der Waals surface area contributed by atoms with Gasteiger partial charge in [0.05, 0.1) is 12.8 Å². The number of hydrogen-bond acceptors (Lipinski definition) is 5. The summed E-state index contributed by atoms with van der Waals surface area (Å²) in [4.78, 5) is 10.8. The first-order valence-corrected chi connectivity index (χ1v) is 5.51. The number of rotatable bonds is 6. The summed E-state index contributed by atoms with van der Waals surface area (Å²) in [6.45, 7) is 1.05. The molecule has 0 aliphatic heterocycles.